The number of amides is 2. The SMILES string of the molecule is COCCOCCOCCOCCNC(N)=O. The van der Waals surface area contributed by atoms with Crippen molar-refractivity contribution in [3.8, 4) is 0 Å². The lowest BCUT2D eigenvalue weighted by molar-refractivity contribution is 0.00430. The van der Waals surface area contributed by atoms with Crippen molar-refractivity contribution in [1.82, 2.24) is 5.32 Å². The molecule has 0 aromatic carbocycles. The Morgan fingerprint density at radius 2 is 1.41 bits per heavy atom. The van der Waals surface area contributed by atoms with Gasteiger partial charge in [-0.2, -0.15) is 0 Å². The molecule has 17 heavy (non-hydrogen) atoms. The number of hydrogen-bond donors (Lipinski definition) is 2. The second-order valence-electron chi connectivity index (χ2n) is 3.12. The van der Waals surface area contributed by atoms with Crippen LogP contribution in [0.5, 0.6) is 0 Å². The van der Waals surface area contributed by atoms with Crippen molar-refractivity contribution < 1.29 is 23.7 Å². The van der Waals surface area contributed by atoms with E-state index < -0.39 is 6.03 Å². The Balaban J connectivity index is 2.91. The van der Waals surface area contributed by atoms with Crippen molar-refractivity contribution in [2.45, 2.75) is 0 Å². The first-order valence-electron chi connectivity index (χ1n) is 5.53. The Hall–Kier alpha value is -0.890. The van der Waals surface area contributed by atoms with Gasteiger partial charge in [-0.15, -0.1) is 0 Å². The van der Waals surface area contributed by atoms with Crippen LogP contribution >= 0.6 is 0 Å². The fraction of sp³-hybridized carbons (Fsp3) is 0.900. The van der Waals surface area contributed by atoms with Gasteiger partial charge in [-0.1, -0.05) is 0 Å². The highest BCUT2D eigenvalue weighted by atomic mass is 16.6. The van der Waals surface area contributed by atoms with Crippen LogP contribution in [0.25, 0.3) is 0 Å². The van der Waals surface area contributed by atoms with Crippen LogP contribution in [0.15, 0.2) is 0 Å². The van der Waals surface area contributed by atoms with Crippen molar-refractivity contribution in [3.63, 3.8) is 0 Å². The summed E-state index contributed by atoms with van der Waals surface area (Å²) in [7, 11) is 1.63. The lowest BCUT2D eigenvalue weighted by Gasteiger charge is -2.06. The molecular weight excluding hydrogens is 228 g/mol. The van der Waals surface area contributed by atoms with Crippen LogP contribution in [0.4, 0.5) is 4.79 Å². The molecule has 2 amide bonds. The van der Waals surface area contributed by atoms with Crippen LogP contribution in [0.2, 0.25) is 0 Å². The summed E-state index contributed by atoms with van der Waals surface area (Å²) in [5.41, 5.74) is 4.87. The second kappa shape index (κ2) is 13.2. The van der Waals surface area contributed by atoms with Gasteiger partial charge in [0.15, 0.2) is 0 Å². The van der Waals surface area contributed by atoms with E-state index in [0.717, 1.165) is 0 Å². The summed E-state index contributed by atoms with van der Waals surface area (Å²) in [6.45, 7) is 4.08. The molecule has 0 unspecified atom stereocenters. The van der Waals surface area contributed by atoms with E-state index in [9.17, 15) is 4.79 Å². The van der Waals surface area contributed by atoms with E-state index in [4.69, 9.17) is 24.7 Å². The van der Waals surface area contributed by atoms with Gasteiger partial charge in [-0.05, 0) is 0 Å². The molecule has 0 bridgehead atoms. The first-order chi connectivity index (χ1) is 8.27. The first-order valence-corrected chi connectivity index (χ1v) is 5.53. The summed E-state index contributed by atoms with van der Waals surface area (Å²) < 4.78 is 20.4. The van der Waals surface area contributed by atoms with Gasteiger partial charge in [0.1, 0.15) is 0 Å². The maximum atomic E-state index is 10.3. The third-order valence-corrected chi connectivity index (χ3v) is 1.72. The number of hydrogen-bond acceptors (Lipinski definition) is 5. The summed E-state index contributed by atoms with van der Waals surface area (Å²) >= 11 is 0. The van der Waals surface area contributed by atoms with E-state index in [1.54, 1.807) is 7.11 Å². The third kappa shape index (κ3) is 15.1. The van der Waals surface area contributed by atoms with Gasteiger partial charge in [0.05, 0.1) is 46.2 Å². The molecule has 0 aliphatic carbocycles. The minimum Gasteiger partial charge on any atom is -0.382 e. The molecule has 7 nitrogen and oxygen atoms in total. The van der Waals surface area contributed by atoms with Crippen LogP contribution in [0.1, 0.15) is 0 Å². The fourth-order valence-electron chi connectivity index (χ4n) is 0.931. The molecule has 0 heterocycles. The topological polar surface area (TPSA) is 92.0 Å². The molecule has 0 saturated heterocycles. The number of nitrogens with two attached hydrogens (primary N) is 1. The number of ether oxygens (including phenoxy) is 4. The van der Waals surface area contributed by atoms with Crippen molar-refractivity contribution in [2.24, 2.45) is 5.73 Å². The normalized spacial score (nSPS) is 10.4. The molecule has 7 heteroatoms. The van der Waals surface area contributed by atoms with Crippen LogP contribution < -0.4 is 11.1 Å². The molecule has 0 saturated carbocycles. The number of carbonyl (C=O) groups is 1. The van der Waals surface area contributed by atoms with Crippen LogP contribution in [0, 0.1) is 0 Å². The molecule has 0 radical (unpaired) electrons. The van der Waals surface area contributed by atoms with Gasteiger partial charge in [0.2, 0.25) is 0 Å². The summed E-state index contributed by atoms with van der Waals surface area (Å²) in [5.74, 6) is 0. The minimum absolute atomic E-state index is 0.412. The summed E-state index contributed by atoms with van der Waals surface area (Å²) in [6, 6.07) is -0.543. The number of nitrogens with one attached hydrogen (secondary N) is 1. The second-order valence-corrected chi connectivity index (χ2v) is 3.12. The Morgan fingerprint density at radius 3 is 1.88 bits per heavy atom. The van der Waals surface area contributed by atoms with Gasteiger partial charge < -0.3 is 30.0 Å². The zero-order valence-corrected chi connectivity index (χ0v) is 10.3. The Bertz CT molecular complexity index is 180. The highest BCUT2D eigenvalue weighted by Crippen LogP contribution is 1.81. The molecule has 102 valence electrons. The van der Waals surface area contributed by atoms with E-state index in [1.165, 1.54) is 0 Å². The van der Waals surface area contributed by atoms with Crippen molar-refractivity contribution >= 4 is 6.03 Å². The summed E-state index contributed by atoms with van der Waals surface area (Å²) in [4.78, 5) is 10.3. The molecule has 0 atom stereocenters. The molecule has 0 aliphatic heterocycles. The Labute approximate surface area is 102 Å². The lowest BCUT2D eigenvalue weighted by atomic mass is 10.6. The predicted octanol–water partition coefficient (Wildman–Crippen LogP) is -0.649. The molecule has 3 N–H and O–H groups in total. The van der Waals surface area contributed by atoms with Crippen LogP contribution in [0.3, 0.4) is 0 Å². The predicted molar refractivity (Wildman–Crippen MR) is 61.9 cm³/mol. The standard InChI is InChI=1S/C10H22N2O5/c1-14-4-5-16-8-9-17-7-6-15-3-2-12-10(11)13/h2-9H2,1H3,(H3,11,12,13). The van der Waals surface area contributed by atoms with Gasteiger partial charge in [-0.25, -0.2) is 4.79 Å². The number of carbonyl (C=O) groups excluding carboxylic acids is 1. The Kier molecular flexibility index (Phi) is 12.5. The monoisotopic (exact) mass is 250 g/mol. The van der Waals surface area contributed by atoms with Crippen molar-refractivity contribution in [2.75, 3.05) is 59.9 Å². The number of urea groups is 1. The van der Waals surface area contributed by atoms with Crippen molar-refractivity contribution in [3.05, 3.63) is 0 Å². The maximum Gasteiger partial charge on any atom is 0.312 e. The van der Waals surface area contributed by atoms with Crippen molar-refractivity contribution in [1.29, 1.82) is 0 Å². The molecule has 0 aliphatic rings. The Morgan fingerprint density at radius 1 is 0.941 bits per heavy atom. The first kappa shape index (κ1) is 16.1. The molecule has 0 fully saturated rings. The summed E-state index contributed by atoms with van der Waals surface area (Å²) in [6.07, 6.45) is 0. The summed E-state index contributed by atoms with van der Waals surface area (Å²) in [5, 5.41) is 2.42. The van der Waals surface area contributed by atoms with E-state index in [2.05, 4.69) is 5.32 Å². The van der Waals surface area contributed by atoms with Gasteiger partial charge in [0.25, 0.3) is 0 Å². The van der Waals surface area contributed by atoms with Crippen LogP contribution in [-0.4, -0.2) is 65.9 Å². The average molecular weight is 250 g/mol. The molecule has 0 rings (SSSR count). The number of primary amides is 1. The molecule has 0 aromatic heterocycles. The largest absolute Gasteiger partial charge is 0.382 e. The molecule has 0 aromatic rings. The van der Waals surface area contributed by atoms with Gasteiger partial charge in [-0.3, -0.25) is 0 Å². The zero-order chi connectivity index (χ0) is 12.8. The van der Waals surface area contributed by atoms with Gasteiger partial charge >= 0.3 is 6.03 Å². The van der Waals surface area contributed by atoms with E-state index >= 15 is 0 Å². The maximum absolute atomic E-state index is 10.3. The average Bonchev–Trinajstić information content (AvgIpc) is 2.30. The third-order valence-electron chi connectivity index (χ3n) is 1.72. The smallest absolute Gasteiger partial charge is 0.312 e. The number of rotatable bonds is 12. The molecular formula is C10H22N2O5. The highest BCUT2D eigenvalue weighted by Gasteiger charge is 1.93. The van der Waals surface area contributed by atoms with E-state index in [0.29, 0.717) is 52.8 Å². The highest BCUT2D eigenvalue weighted by molar-refractivity contribution is 5.71. The number of methoxy groups -OCH3 is 1. The quantitative estimate of drug-likeness (QED) is 0.449. The molecule has 0 spiro atoms. The fourth-order valence-corrected chi connectivity index (χ4v) is 0.931. The minimum atomic E-state index is -0.543. The van der Waals surface area contributed by atoms with Gasteiger partial charge in [0, 0.05) is 13.7 Å². The van der Waals surface area contributed by atoms with E-state index in [-0.39, 0.29) is 0 Å². The lowest BCUT2D eigenvalue weighted by Crippen LogP contribution is -2.32. The zero-order valence-electron chi connectivity index (χ0n) is 10.3. The van der Waals surface area contributed by atoms with Crippen LogP contribution in [-0.2, 0) is 18.9 Å². The van der Waals surface area contributed by atoms with E-state index in [1.807, 2.05) is 0 Å².